The quantitative estimate of drug-likeness (QED) is 0.909. The molecule has 102 valence electrons. The number of carboxylic acids is 1. The number of aliphatic carboxylic acids is 1. The number of amides is 1. The van der Waals surface area contributed by atoms with Gasteiger partial charge in [-0.1, -0.05) is 25.1 Å². The van der Waals surface area contributed by atoms with E-state index < -0.39 is 5.97 Å². The molecule has 4 nitrogen and oxygen atoms in total. The van der Waals surface area contributed by atoms with Crippen molar-refractivity contribution >= 4 is 11.9 Å². The molecule has 0 aliphatic carbocycles. The third kappa shape index (κ3) is 2.95. The lowest BCUT2D eigenvalue weighted by atomic mass is 9.89. The van der Waals surface area contributed by atoms with Gasteiger partial charge >= 0.3 is 5.97 Å². The van der Waals surface area contributed by atoms with Gasteiger partial charge in [0.05, 0.1) is 5.92 Å². The summed E-state index contributed by atoms with van der Waals surface area (Å²) in [5.41, 5.74) is 0.676. The molecule has 19 heavy (non-hydrogen) atoms. The molecule has 2 unspecified atom stereocenters. The summed E-state index contributed by atoms with van der Waals surface area (Å²) in [6.07, 6.45) is 1.90. The predicted octanol–water partition coefficient (Wildman–Crippen LogP) is 2.40. The smallest absolute Gasteiger partial charge is 0.306 e. The van der Waals surface area contributed by atoms with Crippen LogP contribution in [-0.2, 0) is 4.79 Å². The Balaban J connectivity index is 2.12. The minimum absolute atomic E-state index is 0.0105. The fraction of sp³-hybridized carbons (Fsp3) is 0.467. The number of benzene rings is 1. The molecule has 0 radical (unpaired) electrons. The highest BCUT2D eigenvalue weighted by molar-refractivity contribution is 5.94. The normalized spacial score (nSPS) is 23.1. The number of carbonyl (C=O) groups is 2. The van der Waals surface area contributed by atoms with Gasteiger partial charge in [0.1, 0.15) is 0 Å². The van der Waals surface area contributed by atoms with Crippen LogP contribution in [0.25, 0.3) is 0 Å². The molecule has 0 bridgehead atoms. The summed E-state index contributed by atoms with van der Waals surface area (Å²) in [6.45, 7) is 2.53. The van der Waals surface area contributed by atoms with Crippen LogP contribution in [0.15, 0.2) is 30.3 Å². The van der Waals surface area contributed by atoms with E-state index in [1.807, 2.05) is 30.0 Å². The zero-order valence-corrected chi connectivity index (χ0v) is 11.1. The SMILES string of the molecule is CCC1CC(C(=O)O)CCN1C(=O)c1ccccc1. The first-order chi connectivity index (χ1) is 9.13. The fourth-order valence-corrected chi connectivity index (χ4v) is 2.68. The average molecular weight is 261 g/mol. The molecule has 1 heterocycles. The lowest BCUT2D eigenvalue weighted by Crippen LogP contribution is -2.47. The Kier molecular flexibility index (Phi) is 4.20. The molecule has 0 spiro atoms. The molecule has 1 saturated heterocycles. The average Bonchev–Trinajstić information content (AvgIpc) is 2.46. The summed E-state index contributed by atoms with van der Waals surface area (Å²) in [4.78, 5) is 25.3. The number of carbonyl (C=O) groups excluding carboxylic acids is 1. The van der Waals surface area contributed by atoms with Gasteiger partial charge in [0.25, 0.3) is 5.91 Å². The highest BCUT2D eigenvalue weighted by atomic mass is 16.4. The van der Waals surface area contributed by atoms with Crippen molar-refractivity contribution in [2.24, 2.45) is 5.92 Å². The van der Waals surface area contributed by atoms with E-state index in [0.29, 0.717) is 24.9 Å². The van der Waals surface area contributed by atoms with Crippen LogP contribution in [0.5, 0.6) is 0 Å². The summed E-state index contributed by atoms with van der Waals surface area (Å²) in [7, 11) is 0. The number of carboxylic acid groups (broad SMARTS) is 1. The lowest BCUT2D eigenvalue weighted by Gasteiger charge is -2.38. The highest BCUT2D eigenvalue weighted by Gasteiger charge is 2.33. The molecular weight excluding hydrogens is 242 g/mol. The first kappa shape index (κ1) is 13.6. The summed E-state index contributed by atoms with van der Waals surface area (Å²) in [5.74, 6) is -1.05. The second kappa shape index (κ2) is 5.87. The van der Waals surface area contributed by atoms with E-state index in [9.17, 15) is 9.59 Å². The van der Waals surface area contributed by atoms with Crippen LogP contribution in [0, 0.1) is 5.92 Å². The number of likely N-dealkylation sites (tertiary alicyclic amines) is 1. The molecule has 2 atom stereocenters. The number of piperidine rings is 1. The molecule has 0 saturated carbocycles. The van der Waals surface area contributed by atoms with Crippen LogP contribution in [0.2, 0.25) is 0 Å². The van der Waals surface area contributed by atoms with Crippen molar-refractivity contribution in [3.63, 3.8) is 0 Å². The molecule has 1 aliphatic rings. The second-order valence-electron chi connectivity index (χ2n) is 4.99. The molecule has 1 N–H and O–H groups in total. The van der Waals surface area contributed by atoms with Gasteiger partial charge in [0, 0.05) is 18.2 Å². The third-order valence-electron chi connectivity index (χ3n) is 3.82. The topological polar surface area (TPSA) is 57.6 Å². The summed E-state index contributed by atoms with van der Waals surface area (Å²) in [6, 6.07) is 9.21. The van der Waals surface area contributed by atoms with Crippen LogP contribution in [0.1, 0.15) is 36.5 Å². The summed E-state index contributed by atoms with van der Waals surface area (Å²) >= 11 is 0. The third-order valence-corrected chi connectivity index (χ3v) is 3.82. The van der Waals surface area contributed by atoms with Gasteiger partial charge in [0.15, 0.2) is 0 Å². The minimum Gasteiger partial charge on any atom is -0.481 e. The van der Waals surface area contributed by atoms with Crippen LogP contribution < -0.4 is 0 Å². The summed E-state index contributed by atoms with van der Waals surface area (Å²) in [5, 5.41) is 9.09. The van der Waals surface area contributed by atoms with Crippen molar-refractivity contribution in [2.45, 2.75) is 32.2 Å². The fourth-order valence-electron chi connectivity index (χ4n) is 2.68. The van der Waals surface area contributed by atoms with E-state index >= 15 is 0 Å². The monoisotopic (exact) mass is 261 g/mol. The van der Waals surface area contributed by atoms with Gasteiger partial charge in [0.2, 0.25) is 0 Å². The Hall–Kier alpha value is -1.84. The van der Waals surface area contributed by atoms with Gasteiger partial charge in [-0.3, -0.25) is 9.59 Å². The Morgan fingerprint density at radius 3 is 2.58 bits per heavy atom. The first-order valence-electron chi connectivity index (χ1n) is 6.72. The van der Waals surface area contributed by atoms with Crippen molar-refractivity contribution in [3.8, 4) is 0 Å². The molecule has 1 aromatic rings. The number of nitrogens with zero attached hydrogens (tertiary/aromatic N) is 1. The summed E-state index contributed by atoms with van der Waals surface area (Å²) < 4.78 is 0. The van der Waals surface area contributed by atoms with E-state index in [1.54, 1.807) is 12.1 Å². The van der Waals surface area contributed by atoms with Crippen molar-refractivity contribution in [3.05, 3.63) is 35.9 Å². The molecule has 0 aromatic heterocycles. The van der Waals surface area contributed by atoms with Crippen molar-refractivity contribution < 1.29 is 14.7 Å². The van der Waals surface area contributed by atoms with Gasteiger partial charge in [-0.25, -0.2) is 0 Å². The maximum atomic E-state index is 12.4. The van der Waals surface area contributed by atoms with Crippen LogP contribution in [-0.4, -0.2) is 34.5 Å². The Morgan fingerprint density at radius 2 is 2.00 bits per heavy atom. The molecular formula is C15H19NO3. The molecule has 2 rings (SSSR count). The molecule has 4 heteroatoms. The Labute approximate surface area is 113 Å². The number of hydrogen-bond donors (Lipinski definition) is 1. The number of rotatable bonds is 3. The first-order valence-corrected chi connectivity index (χ1v) is 6.72. The van der Waals surface area contributed by atoms with Gasteiger partial charge in [-0.05, 0) is 31.4 Å². The maximum Gasteiger partial charge on any atom is 0.306 e. The van der Waals surface area contributed by atoms with Gasteiger partial charge < -0.3 is 10.0 Å². The van der Waals surface area contributed by atoms with Crippen molar-refractivity contribution in [2.75, 3.05) is 6.54 Å². The molecule has 1 aliphatic heterocycles. The largest absolute Gasteiger partial charge is 0.481 e. The highest BCUT2D eigenvalue weighted by Crippen LogP contribution is 2.26. The van der Waals surface area contributed by atoms with Crippen molar-refractivity contribution in [1.29, 1.82) is 0 Å². The Bertz CT molecular complexity index is 458. The van der Waals surface area contributed by atoms with Crippen molar-refractivity contribution in [1.82, 2.24) is 4.90 Å². The minimum atomic E-state index is -0.745. The lowest BCUT2D eigenvalue weighted by molar-refractivity contribution is -0.143. The van der Waals surface area contributed by atoms with E-state index in [4.69, 9.17) is 5.11 Å². The van der Waals surface area contributed by atoms with E-state index in [-0.39, 0.29) is 17.9 Å². The van der Waals surface area contributed by atoms with Gasteiger partial charge in [-0.2, -0.15) is 0 Å². The van der Waals surface area contributed by atoms with Crippen LogP contribution in [0.4, 0.5) is 0 Å². The molecule has 1 fully saturated rings. The van der Waals surface area contributed by atoms with Crippen LogP contribution >= 0.6 is 0 Å². The van der Waals surface area contributed by atoms with Crippen LogP contribution in [0.3, 0.4) is 0 Å². The Morgan fingerprint density at radius 1 is 1.32 bits per heavy atom. The molecule has 1 aromatic carbocycles. The predicted molar refractivity (Wildman–Crippen MR) is 71.9 cm³/mol. The molecule has 1 amide bonds. The zero-order chi connectivity index (χ0) is 13.8. The van der Waals surface area contributed by atoms with Gasteiger partial charge in [-0.15, -0.1) is 0 Å². The zero-order valence-electron chi connectivity index (χ0n) is 11.1. The van der Waals surface area contributed by atoms with E-state index in [1.165, 1.54) is 0 Å². The standard InChI is InChI=1S/C15H19NO3/c1-2-13-10-12(15(18)19)8-9-16(13)14(17)11-6-4-3-5-7-11/h3-7,12-13H,2,8-10H2,1H3,(H,18,19). The second-order valence-corrected chi connectivity index (χ2v) is 4.99. The maximum absolute atomic E-state index is 12.4. The number of hydrogen-bond acceptors (Lipinski definition) is 2. The van der Waals surface area contributed by atoms with E-state index in [0.717, 1.165) is 6.42 Å². The van der Waals surface area contributed by atoms with E-state index in [2.05, 4.69) is 0 Å².